The average Bonchev–Trinajstić information content (AvgIpc) is 2.02. The molecule has 0 aromatic carbocycles. The van der Waals surface area contributed by atoms with Gasteiger partial charge in [0.2, 0.25) is 0 Å². The summed E-state index contributed by atoms with van der Waals surface area (Å²) in [4.78, 5) is 10.9. The van der Waals surface area contributed by atoms with Gasteiger partial charge in [-0.25, -0.2) is 0 Å². The lowest BCUT2D eigenvalue weighted by Gasteiger charge is -2.16. The highest BCUT2D eigenvalue weighted by molar-refractivity contribution is 5.75. The van der Waals surface area contributed by atoms with Gasteiger partial charge in [-0.1, -0.05) is 45.2 Å². The summed E-state index contributed by atoms with van der Waals surface area (Å²) in [5.41, 5.74) is 0.706. The second-order valence-electron chi connectivity index (χ2n) is 3.17. The van der Waals surface area contributed by atoms with Gasteiger partial charge in [0, 0.05) is 0 Å². The first-order chi connectivity index (χ1) is 6.04. The van der Waals surface area contributed by atoms with Crippen LogP contribution < -0.4 is 0 Å². The Bertz CT molecular complexity index is 236. The highest BCUT2D eigenvalue weighted by Gasteiger charge is 2.23. The van der Waals surface area contributed by atoms with Crippen molar-refractivity contribution in [2.45, 2.75) is 13.8 Å². The number of hydrogen-bond acceptors (Lipinski definition) is 1. The van der Waals surface area contributed by atoms with E-state index in [2.05, 4.69) is 13.2 Å². The summed E-state index contributed by atoms with van der Waals surface area (Å²) in [5, 5.41) is 8.95. The summed E-state index contributed by atoms with van der Waals surface area (Å²) in [6.45, 7) is 10.9. The van der Waals surface area contributed by atoms with E-state index in [9.17, 15) is 4.79 Å². The highest BCUT2D eigenvalue weighted by atomic mass is 16.4. The molecule has 0 rings (SSSR count). The zero-order chi connectivity index (χ0) is 10.4. The maximum atomic E-state index is 10.9. The first-order valence-corrected chi connectivity index (χ1v) is 4.22. The van der Waals surface area contributed by atoms with Gasteiger partial charge in [-0.2, -0.15) is 0 Å². The summed E-state index contributed by atoms with van der Waals surface area (Å²) in [6, 6.07) is 0. The van der Waals surface area contributed by atoms with Crippen LogP contribution in [0.3, 0.4) is 0 Å². The number of allylic oxidation sites excluding steroid dienone is 3. The molecule has 0 aromatic rings. The Morgan fingerprint density at radius 2 is 1.92 bits per heavy atom. The van der Waals surface area contributed by atoms with Crippen LogP contribution in [0.4, 0.5) is 0 Å². The number of rotatable bonds is 5. The Hall–Kier alpha value is -1.31. The molecule has 0 spiro atoms. The Labute approximate surface area is 79.3 Å². The van der Waals surface area contributed by atoms with E-state index >= 15 is 0 Å². The van der Waals surface area contributed by atoms with Gasteiger partial charge in [-0.15, -0.1) is 0 Å². The number of carboxylic acids is 1. The smallest absolute Gasteiger partial charge is 0.311 e. The van der Waals surface area contributed by atoms with Crippen molar-refractivity contribution in [3.63, 3.8) is 0 Å². The molecular weight excluding hydrogens is 164 g/mol. The first-order valence-electron chi connectivity index (χ1n) is 4.22. The van der Waals surface area contributed by atoms with Gasteiger partial charge >= 0.3 is 5.97 Å². The van der Waals surface area contributed by atoms with Crippen LogP contribution in [0.25, 0.3) is 0 Å². The molecule has 0 aliphatic heterocycles. The first kappa shape index (κ1) is 11.7. The molecule has 0 saturated carbocycles. The predicted octanol–water partition coefficient (Wildman–Crippen LogP) is 2.64. The van der Waals surface area contributed by atoms with Crippen molar-refractivity contribution in [3.05, 3.63) is 37.0 Å². The summed E-state index contributed by atoms with van der Waals surface area (Å²) < 4.78 is 0. The van der Waals surface area contributed by atoms with Gasteiger partial charge in [-0.05, 0) is 11.5 Å². The summed E-state index contributed by atoms with van der Waals surface area (Å²) in [6.07, 6.45) is 4.83. The molecule has 13 heavy (non-hydrogen) atoms. The molecule has 0 fully saturated rings. The monoisotopic (exact) mass is 180 g/mol. The largest absolute Gasteiger partial charge is 0.481 e. The molecule has 1 unspecified atom stereocenters. The van der Waals surface area contributed by atoms with Crippen LogP contribution in [0.2, 0.25) is 0 Å². The third-order valence-electron chi connectivity index (χ3n) is 1.84. The van der Waals surface area contributed by atoms with E-state index in [-0.39, 0.29) is 5.92 Å². The van der Waals surface area contributed by atoms with Gasteiger partial charge in [0.25, 0.3) is 0 Å². The zero-order valence-corrected chi connectivity index (χ0v) is 8.16. The lowest BCUT2D eigenvalue weighted by molar-refractivity contribution is -0.141. The fourth-order valence-corrected chi connectivity index (χ4v) is 1.25. The van der Waals surface area contributed by atoms with Crippen molar-refractivity contribution < 1.29 is 9.90 Å². The molecule has 1 atom stereocenters. The van der Waals surface area contributed by atoms with E-state index in [0.717, 1.165) is 0 Å². The van der Waals surface area contributed by atoms with Crippen LogP contribution in [-0.2, 0) is 4.79 Å². The maximum Gasteiger partial charge on any atom is 0.311 e. The van der Waals surface area contributed by atoms with Crippen molar-refractivity contribution in [2.75, 3.05) is 0 Å². The van der Waals surface area contributed by atoms with E-state index in [1.807, 2.05) is 13.8 Å². The summed E-state index contributed by atoms with van der Waals surface area (Å²) in [5.74, 6) is -1.25. The standard InChI is InChI=1S/C11H16O2/c1-5-7-9(6-2)10(8(3)4)11(12)13/h5-8,10H,1-2H2,3-4H3,(H,12,13)/b9-7+. The Morgan fingerprint density at radius 3 is 2.15 bits per heavy atom. The van der Waals surface area contributed by atoms with Crippen LogP contribution in [0.5, 0.6) is 0 Å². The fourth-order valence-electron chi connectivity index (χ4n) is 1.25. The van der Waals surface area contributed by atoms with E-state index in [0.29, 0.717) is 5.57 Å². The normalized spacial score (nSPS) is 13.9. The summed E-state index contributed by atoms with van der Waals surface area (Å²) in [7, 11) is 0. The molecule has 1 N–H and O–H groups in total. The van der Waals surface area contributed by atoms with Crippen LogP contribution in [-0.4, -0.2) is 11.1 Å². The molecule has 2 heteroatoms. The van der Waals surface area contributed by atoms with Crippen molar-refractivity contribution >= 4 is 5.97 Å². The Kier molecular flexibility index (Phi) is 4.82. The van der Waals surface area contributed by atoms with Crippen LogP contribution >= 0.6 is 0 Å². The second kappa shape index (κ2) is 5.36. The minimum absolute atomic E-state index is 0.0571. The molecule has 0 heterocycles. The van der Waals surface area contributed by atoms with Gasteiger partial charge < -0.3 is 5.11 Å². The highest BCUT2D eigenvalue weighted by Crippen LogP contribution is 2.21. The van der Waals surface area contributed by atoms with Crippen molar-refractivity contribution in [1.82, 2.24) is 0 Å². The molecule has 0 aromatic heterocycles. The van der Waals surface area contributed by atoms with E-state index in [4.69, 9.17) is 5.11 Å². The number of hydrogen-bond donors (Lipinski definition) is 1. The van der Waals surface area contributed by atoms with Gasteiger partial charge in [0.05, 0.1) is 5.92 Å². The van der Waals surface area contributed by atoms with Gasteiger partial charge in [0.15, 0.2) is 0 Å². The third-order valence-corrected chi connectivity index (χ3v) is 1.84. The fraction of sp³-hybridized carbons (Fsp3) is 0.364. The van der Waals surface area contributed by atoms with E-state index in [1.165, 1.54) is 0 Å². The van der Waals surface area contributed by atoms with Crippen LogP contribution in [0, 0.1) is 11.8 Å². The molecular formula is C11H16O2. The quantitative estimate of drug-likeness (QED) is 0.660. The predicted molar refractivity (Wildman–Crippen MR) is 54.4 cm³/mol. The van der Waals surface area contributed by atoms with Crippen molar-refractivity contribution in [3.8, 4) is 0 Å². The molecule has 0 radical (unpaired) electrons. The second-order valence-corrected chi connectivity index (χ2v) is 3.17. The Morgan fingerprint density at radius 1 is 1.38 bits per heavy atom. The lowest BCUT2D eigenvalue weighted by Crippen LogP contribution is -2.21. The summed E-state index contributed by atoms with van der Waals surface area (Å²) >= 11 is 0. The number of aliphatic carboxylic acids is 1. The minimum Gasteiger partial charge on any atom is -0.481 e. The van der Waals surface area contributed by atoms with E-state index in [1.54, 1.807) is 18.2 Å². The van der Waals surface area contributed by atoms with Crippen molar-refractivity contribution in [1.29, 1.82) is 0 Å². The molecule has 0 saturated heterocycles. The molecule has 0 bridgehead atoms. The average molecular weight is 180 g/mol. The van der Waals surface area contributed by atoms with Gasteiger partial charge in [0.1, 0.15) is 0 Å². The van der Waals surface area contributed by atoms with Crippen LogP contribution in [0.15, 0.2) is 37.0 Å². The lowest BCUT2D eigenvalue weighted by atomic mass is 9.88. The minimum atomic E-state index is -0.817. The molecule has 72 valence electrons. The topological polar surface area (TPSA) is 37.3 Å². The molecule has 0 aliphatic rings. The van der Waals surface area contributed by atoms with Gasteiger partial charge in [-0.3, -0.25) is 4.79 Å². The van der Waals surface area contributed by atoms with E-state index < -0.39 is 11.9 Å². The Balaban J connectivity index is 4.90. The third kappa shape index (κ3) is 3.28. The number of carboxylic acid groups (broad SMARTS) is 1. The molecule has 0 aliphatic carbocycles. The SMILES string of the molecule is C=C/C=C(\C=C)C(C(=O)O)C(C)C. The zero-order valence-electron chi connectivity index (χ0n) is 8.16. The molecule has 2 nitrogen and oxygen atoms in total. The molecule has 0 amide bonds. The van der Waals surface area contributed by atoms with Crippen LogP contribution in [0.1, 0.15) is 13.8 Å². The maximum absolute atomic E-state index is 10.9. The number of carbonyl (C=O) groups is 1. The van der Waals surface area contributed by atoms with Crippen molar-refractivity contribution in [2.24, 2.45) is 11.8 Å².